The van der Waals surface area contributed by atoms with Gasteiger partial charge in [-0.05, 0) is 48.4 Å². The highest BCUT2D eigenvalue weighted by molar-refractivity contribution is 7.98. The lowest BCUT2D eigenvalue weighted by atomic mass is 9.90. The number of hydrogen-bond acceptors (Lipinski definition) is 5. The number of thioether (sulfide) groups is 1. The van der Waals surface area contributed by atoms with Gasteiger partial charge in [-0.15, -0.1) is 11.8 Å². The first-order valence-corrected chi connectivity index (χ1v) is 15.9. The predicted octanol–water partition coefficient (Wildman–Crippen LogP) is 9.50. The second-order valence-corrected chi connectivity index (χ2v) is 11.8. The number of alkyl halides is 3. The zero-order valence-electron chi connectivity index (χ0n) is 25.1. The van der Waals surface area contributed by atoms with Crippen LogP contribution in [0.5, 0.6) is 5.75 Å². The van der Waals surface area contributed by atoms with Gasteiger partial charge in [0.15, 0.2) is 0 Å². The number of halogens is 5. The van der Waals surface area contributed by atoms with E-state index in [1.807, 2.05) is 67.6 Å². The Hall–Kier alpha value is -3.53. The summed E-state index contributed by atoms with van der Waals surface area (Å²) in [4.78, 5) is 14.5. The lowest BCUT2D eigenvalue weighted by molar-refractivity contribution is -0.137. The van der Waals surface area contributed by atoms with Crippen molar-refractivity contribution < 1.29 is 31.8 Å². The molecule has 0 aliphatic rings. The van der Waals surface area contributed by atoms with Gasteiger partial charge < -0.3 is 9.47 Å². The maximum Gasteiger partial charge on any atom is 0.417 e. The van der Waals surface area contributed by atoms with Crippen molar-refractivity contribution in [2.24, 2.45) is 0 Å². The predicted molar refractivity (Wildman–Crippen MR) is 171 cm³/mol. The van der Waals surface area contributed by atoms with Gasteiger partial charge >= 0.3 is 12.1 Å². The zero-order chi connectivity index (χ0) is 32.6. The van der Waals surface area contributed by atoms with E-state index in [1.165, 1.54) is 24.9 Å². The molecule has 1 atom stereocenters. The Bertz CT molecular complexity index is 1530. The standard InChI is InChI=1S/C35H34ClF4NO3S/c1-23(44-27-19-30(37)32(34(42)43-2)31(20-27)45-3)17-18-41(21-26-15-10-16-29(33(26)36)35(38,39)40)22-28(24-11-6-4-7-12-24)25-13-8-5-9-14-25/h4-16,19-20,23,28H,17-18,21-22H2,1-3H3. The molecule has 0 heterocycles. The first-order valence-electron chi connectivity index (χ1n) is 14.3. The van der Waals surface area contributed by atoms with Crippen molar-refractivity contribution in [2.75, 3.05) is 26.5 Å². The van der Waals surface area contributed by atoms with Gasteiger partial charge in [-0.1, -0.05) is 84.4 Å². The molecule has 0 aliphatic heterocycles. The smallest absolute Gasteiger partial charge is 0.417 e. The second-order valence-electron chi connectivity index (χ2n) is 10.6. The molecule has 0 spiro atoms. The van der Waals surface area contributed by atoms with E-state index in [9.17, 15) is 22.4 Å². The first kappa shape index (κ1) is 34.3. The first-order chi connectivity index (χ1) is 21.5. The summed E-state index contributed by atoms with van der Waals surface area (Å²) in [6, 6.07) is 26.6. The van der Waals surface area contributed by atoms with Crippen LogP contribution in [0, 0.1) is 5.82 Å². The van der Waals surface area contributed by atoms with E-state index < -0.39 is 29.6 Å². The molecule has 0 aliphatic carbocycles. The largest absolute Gasteiger partial charge is 0.491 e. The van der Waals surface area contributed by atoms with Gasteiger partial charge in [0.05, 0.1) is 23.8 Å². The third kappa shape index (κ3) is 9.02. The van der Waals surface area contributed by atoms with E-state index in [1.54, 1.807) is 18.4 Å². The van der Waals surface area contributed by atoms with Crippen LogP contribution in [0.25, 0.3) is 0 Å². The van der Waals surface area contributed by atoms with Crippen molar-refractivity contribution in [3.05, 3.63) is 130 Å². The van der Waals surface area contributed by atoms with E-state index in [2.05, 4.69) is 4.90 Å². The number of methoxy groups -OCH3 is 1. The van der Waals surface area contributed by atoms with E-state index in [4.69, 9.17) is 21.1 Å². The second kappa shape index (κ2) is 15.7. The summed E-state index contributed by atoms with van der Waals surface area (Å²) in [5.74, 6) is -1.33. The molecule has 45 heavy (non-hydrogen) atoms. The number of carbonyl (C=O) groups is 1. The average Bonchev–Trinajstić information content (AvgIpc) is 3.02. The van der Waals surface area contributed by atoms with Crippen LogP contribution >= 0.6 is 23.4 Å². The lowest BCUT2D eigenvalue weighted by Gasteiger charge is -2.30. The molecule has 4 nitrogen and oxygen atoms in total. The van der Waals surface area contributed by atoms with E-state index >= 15 is 0 Å². The summed E-state index contributed by atoms with van der Waals surface area (Å²) in [6.45, 7) is 2.95. The number of rotatable bonds is 13. The number of carbonyl (C=O) groups excluding carboxylic acids is 1. The SMILES string of the molecule is COC(=O)c1c(F)cc(OC(C)CCN(Cc2cccc(C(F)(F)F)c2Cl)CC(c2ccccc2)c2ccccc2)cc1SC. The van der Waals surface area contributed by atoms with Crippen molar-refractivity contribution in [3.8, 4) is 5.75 Å². The quantitative estimate of drug-likeness (QED) is 0.0812. The summed E-state index contributed by atoms with van der Waals surface area (Å²) < 4.78 is 66.7. The zero-order valence-corrected chi connectivity index (χ0v) is 26.7. The molecule has 0 amide bonds. The number of benzene rings is 4. The minimum atomic E-state index is -4.58. The molecule has 1 unspecified atom stereocenters. The van der Waals surface area contributed by atoms with Crippen LogP contribution in [-0.2, 0) is 17.5 Å². The number of hydrogen-bond donors (Lipinski definition) is 0. The molecule has 4 aromatic carbocycles. The topological polar surface area (TPSA) is 38.8 Å². The lowest BCUT2D eigenvalue weighted by Crippen LogP contribution is -2.32. The molecule has 0 N–H and O–H groups in total. The van der Waals surface area contributed by atoms with Crippen molar-refractivity contribution in [1.29, 1.82) is 0 Å². The van der Waals surface area contributed by atoms with Crippen molar-refractivity contribution >= 4 is 29.3 Å². The molecule has 10 heteroatoms. The fraction of sp³-hybridized carbons (Fsp3) is 0.286. The van der Waals surface area contributed by atoms with E-state index in [-0.39, 0.29) is 28.8 Å². The minimum absolute atomic E-state index is 0.0719. The van der Waals surface area contributed by atoms with Gasteiger partial charge in [-0.25, -0.2) is 9.18 Å². The van der Waals surface area contributed by atoms with E-state index in [0.29, 0.717) is 30.0 Å². The van der Waals surface area contributed by atoms with Gasteiger partial charge in [0.2, 0.25) is 0 Å². The molecule has 238 valence electrons. The highest BCUT2D eigenvalue weighted by atomic mass is 35.5. The molecule has 4 rings (SSSR count). The van der Waals surface area contributed by atoms with Gasteiger partial charge in [-0.3, -0.25) is 4.90 Å². The van der Waals surface area contributed by atoms with Crippen LogP contribution in [0.3, 0.4) is 0 Å². The summed E-state index contributed by atoms with van der Waals surface area (Å²) in [7, 11) is 1.19. The van der Waals surface area contributed by atoms with Crippen molar-refractivity contribution in [2.45, 2.75) is 43.0 Å². The maximum atomic E-state index is 14.9. The van der Waals surface area contributed by atoms with E-state index in [0.717, 1.165) is 23.3 Å². The average molecular weight is 660 g/mol. The van der Waals surface area contributed by atoms with Crippen molar-refractivity contribution in [1.82, 2.24) is 4.90 Å². The third-order valence-corrected chi connectivity index (χ3v) is 8.66. The Balaban J connectivity index is 1.60. The third-order valence-electron chi connectivity index (χ3n) is 7.45. The van der Waals surface area contributed by atoms with Gasteiger partial charge in [0.1, 0.15) is 17.1 Å². The molecule has 0 aromatic heterocycles. The van der Waals surface area contributed by atoms with Crippen LogP contribution in [0.2, 0.25) is 5.02 Å². The highest BCUT2D eigenvalue weighted by Gasteiger charge is 2.34. The molecule has 4 aromatic rings. The van der Waals surface area contributed by atoms with Crippen LogP contribution in [0.15, 0.2) is 95.9 Å². The molecule has 0 bridgehead atoms. The number of ether oxygens (including phenoxy) is 2. The van der Waals surface area contributed by atoms with Gasteiger partial charge in [0.25, 0.3) is 0 Å². The molecule has 0 radical (unpaired) electrons. The fourth-order valence-electron chi connectivity index (χ4n) is 5.17. The molecule has 0 saturated carbocycles. The summed E-state index contributed by atoms with van der Waals surface area (Å²) in [5.41, 5.74) is 1.48. The Morgan fingerprint density at radius 2 is 1.58 bits per heavy atom. The normalized spacial score (nSPS) is 12.4. The van der Waals surface area contributed by atoms with Crippen LogP contribution in [0.1, 0.15) is 51.9 Å². The molecular formula is C35H34ClF4NO3S. The van der Waals surface area contributed by atoms with Gasteiger partial charge in [0, 0.05) is 36.5 Å². The number of esters is 1. The Morgan fingerprint density at radius 3 is 2.13 bits per heavy atom. The molecular weight excluding hydrogens is 626 g/mol. The van der Waals surface area contributed by atoms with Crippen LogP contribution < -0.4 is 4.74 Å². The Labute approximate surface area is 270 Å². The maximum absolute atomic E-state index is 14.9. The monoisotopic (exact) mass is 659 g/mol. The Kier molecular flexibility index (Phi) is 11.9. The highest BCUT2D eigenvalue weighted by Crippen LogP contribution is 2.37. The number of nitrogens with zero attached hydrogens (tertiary/aromatic N) is 1. The Morgan fingerprint density at radius 1 is 0.956 bits per heavy atom. The molecule has 0 saturated heterocycles. The summed E-state index contributed by atoms with van der Waals surface area (Å²) >= 11 is 7.52. The van der Waals surface area contributed by atoms with Gasteiger partial charge in [-0.2, -0.15) is 13.2 Å². The summed E-state index contributed by atoms with van der Waals surface area (Å²) in [6.07, 6.45) is -2.77. The van der Waals surface area contributed by atoms with Crippen LogP contribution in [-0.4, -0.2) is 43.4 Å². The van der Waals surface area contributed by atoms with Crippen LogP contribution in [0.4, 0.5) is 17.6 Å². The summed E-state index contributed by atoms with van der Waals surface area (Å²) in [5, 5.41) is -0.318. The minimum Gasteiger partial charge on any atom is -0.491 e. The van der Waals surface area contributed by atoms with Crippen molar-refractivity contribution in [3.63, 3.8) is 0 Å². The molecule has 0 fully saturated rings. The fourth-order valence-corrected chi connectivity index (χ4v) is 6.08.